The van der Waals surface area contributed by atoms with Gasteiger partial charge in [-0.1, -0.05) is 13.0 Å². The highest BCUT2D eigenvalue weighted by atomic mass is 32.2. The smallest absolute Gasteiger partial charge is 0.251 e. The normalized spacial score (nSPS) is 21.9. The Kier molecular flexibility index (Phi) is 8.78. The summed E-state index contributed by atoms with van der Waals surface area (Å²) in [4.78, 5) is 26.0. The number of hydrogen-bond acceptors (Lipinski definition) is 5. The van der Waals surface area contributed by atoms with Gasteiger partial charge in [-0.2, -0.15) is 4.31 Å². The van der Waals surface area contributed by atoms with Crippen LogP contribution in [0.15, 0.2) is 41.8 Å². The van der Waals surface area contributed by atoms with E-state index in [-0.39, 0.29) is 42.1 Å². The number of benzene rings is 1. The second-order valence-electron chi connectivity index (χ2n) is 8.75. The number of sulfonamides is 1. The molecule has 34 heavy (non-hydrogen) atoms. The lowest BCUT2D eigenvalue weighted by molar-refractivity contribution is -0.117. The minimum Gasteiger partial charge on any atom is -0.351 e. The fourth-order valence-electron chi connectivity index (χ4n) is 4.16. The van der Waals surface area contributed by atoms with Crippen LogP contribution >= 0.6 is 0 Å². The van der Waals surface area contributed by atoms with E-state index in [1.165, 1.54) is 34.6 Å². The van der Waals surface area contributed by atoms with Crippen molar-refractivity contribution in [3.8, 4) is 0 Å². The van der Waals surface area contributed by atoms with Crippen LogP contribution in [0.5, 0.6) is 0 Å². The summed E-state index contributed by atoms with van der Waals surface area (Å²) in [5.41, 5.74) is 0.316. The second kappa shape index (κ2) is 11.4. The van der Waals surface area contributed by atoms with Crippen LogP contribution in [0, 0.1) is 0 Å². The maximum absolute atomic E-state index is 13.2. The molecule has 188 valence electrons. The molecular weight excluding hydrogens is 466 g/mol. The Balaban J connectivity index is 1.55. The van der Waals surface area contributed by atoms with Crippen LogP contribution in [0.1, 0.15) is 42.5 Å². The molecule has 2 fully saturated rings. The maximum atomic E-state index is 13.2. The highest BCUT2D eigenvalue weighted by Crippen LogP contribution is 2.27. The molecule has 2 saturated heterocycles. The number of halogens is 2. The molecule has 1 unspecified atom stereocenters. The lowest BCUT2D eigenvalue weighted by atomic mass is 10.1. The van der Waals surface area contributed by atoms with E-state index in [0.717, 1.165) is 6.42 Å². The first-order chi connectivity index (χ1) is 16.1. The molecule has 2 heterocycles. The van der Waals surface area contributed by atoms with Crippen molar-refractivity contribution in [1.29, 1.82) is 0 Å². The molecule has 3 rings (SSSR count). The SMILES string of the molecule is C=CC(=O)NC1CCCCN(S(=O)(=O)c2ccc(C(=O)NCCN3CCC(F)(F)CC3)cc2)C1. The second-order valence-corrected chi connectivity index (χ2v) is 10.7. The fraction of sp³-hybridized carbons (Fsp3) is 0.565. The summed E-state index contributed by atoms with van der Waals surface area (Å²) in [6.45, 7) is 5.34. The molecule has 2 amide bonds. The zero-order valence-electron chi connectivity index (χ0n) is 19.1. The molecular formula is C23H32F2N4O4S. The van der Waals surface area contributed by atoms with Gasteiger partial charge in [0, 0.05) is 63.7 Å². The van der Waals surface area contributed by atoms with E-state index in [2.05, 4.69) is 17.2 Å². The molecule has 0 bridgehead atoms. The Morgan fingerprint density at radius 3 is 2.44 bits per heavy atom. The van der Waals surface area contributed by atoms with Gasteiger partial charge in [0.2, 0.25) is 15.9 Å². The van der Waals surface area contributed by atoms with Gasteiger partial charge in [0.15, 0.2) is 0 Å². The minimum absolute atomic E-state index is 0.0778. The molecule has 2 N–H and O–H groups in total. The summed E-state index contributed by atoms with van der Waals surface area (Å²) < 4.78 is 54.1. The lowest BCUT2D eigenvalue weighted by Crippen LogP contribution is -2.44. The number of carbonyl (C=O) groups excluding carboxylic acids is 2. The van der Waals surface area contributed by atoms with Crippen LogP contribution in [0.3, 0.4) is 0 Å². The van der Waals surface area contributed by atoms with E-state index in [4.69, 9.17) is 0 Å². The summed E-state index contributed by atoms with van der Waals surface area (Å²) in [6, 6.07) is 5.42. The van der Waals surface area contributed by atoms with E-state index in [9.17, 15) is 26.8 Å². The van der Waals surface area contributed by atoms with Gasteiger partial charge in [-0.3, -0.25) is 9.59 Å². The Hall–Kier alpha value is -2.37. The van der Waals surface area contributed by atoms with E-state index in [0.29, 0.717) is 51.1 Å². The van der Waals surface area contributed by atoms with Crippen LogP contribution in [0.2, 0.25) is 0 Å². The molecule has 0 radical (unpaired) electrons. The quantitative estimate of drug-likeness (QED) is 0.534. The van der Waals surface area contributed by atoms with Crippen molar-refractivity contribution in [1.82, 2.24) is 19.8 Å². The van der Waals surface area contributed by atoms with Crippen LogP contribution in [0.25, 0.3) is 0 Å². The summed E-state index contributed by atoms with van der Waals surface area (Å²) in [5.74, 6) is -3.29. The van der Waals surface area contributed by atoms with Crippen LogP contribution < -0.4 is 10.6 Å². The number of rotatable bonds is 8. The van der Waals surface area contributed by atoms with Gasteiger partial charge in [-0.25, -0.2) is 17.2 Å². The molecule has 0 saturated carbocycles. The molecule has 1 aromatic rings. The average molecular weight is 499 g/mol. The van der Waals surface area contributed by atoms with E-state index >= 15 is 0 Å². The van der Waals surface area contributed by atoms with Gasteiger partial charge in [-0.05, 0) is 43.2 Å². The number of likely N-dealkylation sites (tertiary alicyclic amines) is 1. The Morgan fingerprint density at radius 2 is 1.79 bits per heavy atom. The highest BCUT2D eigenvalue weighted by molar-refractivity contribution is 7.89. The van der Waals surface area contributed by atoms with E-state index in [1.54, 1.807) is 0 Å². The van der Waals surface area contributed by atoms with Crippen molar-refractivity contribution < 1.29 is 26.8 Å². The van der Waals surface area contributed by atoms with E-state index < -0.39 is 15.9 Å². The number of carbonyl (C=O) groups is 2. The molecule has 1 aromatic carbocycles. The summed E-state index contributed by atoms with van der Waals surface area (Å²) in [5, 5.41) is 5.53. The van der Waals surface area contributed by atoms with Crippen LogP contribution in [-0.2, 0) is 14.8 Å². The highest BCUT2D eigenvalue weighted by Gasteiger charge is 2.33. The predicted octanol–water partition coefficient (Wildman–Crippen LogP) is 1.99. The first-order valence-corrected chi connectivity index (χ1v) is 13.0. The van der Waals surface area contributed by atoms with Gasteiger partial charge in [-0.15, -0.1) is 0 Å². The van der Waals surface area contributed by atoms with Crippen molar-refractivity contribution in [2.75, 3.05) is 39.3 Å². The number of alkyl halides is 2. The van der Waals surface area contributed by atoms with Crippen molar-refractivity contribution in [3.05, 3.63) is 42.5 Å². The first-order valence-electron chi connectivity index (χ1n) is 11.5. The zero-order valence-corrected chi connectivity index (χ0v) is 20.0. The molecule has 0 aromatic heterocycles. The molecule has 2 aliphatic rings. The Labute approximate surface area is 199 Å². The van der Waals surface area contributed by atoms with Gasteiger partial charge >= 0.3 is 0 Å². The molecule has 8 nitrogen and oxygen atoms in total. The third-order valence-corrected chi connectivity index (χ3v) is 8.10. The maximum Gasteiger partial charge on any atom is 0.251 e. The lowest BCUT2D eigenvalue weighted by Gasteiger charge is -2.31. The summed E-state index contributed by atoms with van der Waals surface area (Å²) in [6.07, 6.45) is 3.00. The van der Waals surface area contributed by atoms with Gasteiger partial charge in [0.25, 0.3) is 11.8 Å². The number of piperidine rings is 1. The summed E-state index contributed by atoms with van der Waals surface area (Å²) >= 11 is 0. The molecule has 0 spiro atoms. The van der Waals surface area contributed by atoms with Gasteiger partial charge in [0.1, 0.15) is 0 Å². The topological polar surface area (TPSA) is 98.8 Å². The number of amides is 2. The summed E-state index contributed by atoms with van der Waals surface area (Å²) in [7, 11) is -3.79. The average Bonchev–Trinajstić information content (AvgIpc) is 3.06. The minimum atomic E-state index is -3.79. The van der Waals surface area contributed by atoms with Crippen LogP contribution in [-0.4, -0.2) is 80.7 Å². The number of nitrogens with zero attached hydrogens (tertiary/aromatic N) is 2. The van der Waals surface area contributed by atoms with Gasteiger partial charge in [0.05, 0.1) is 4.90 Å². The van der Waals surface area contributed by atoms with Crippen molar-refractivity contribution in [3.63, 3.8) is 0 Å². The standard InChI is InChI=1S/C23H32F2N4O4S/c1-2-21(30)27-19-5-3-4-13-29(17-19)34(32,33)20-8-6-18(7-9-20)22(31)26-12-16-28-14-10-23(24,25)11-15-28/h2,6-9,19H,1,3-5,10-17H2,(H,26,31)(H,27,30). The van der Waals surface area contributed by atoms with Crippen molar-refractivity contribution in [2.24, 2.45) is 0 Å². The fourth-order valence-corrected chi connectivity index (χ4v) is 5.69. The Morgan fingerprint density at radius 1 is 1.12 bits per heavy atom. The first kappa shape index (κ1) is 26.2. The molecule has 11 heteroatoms. The molecule has 0 aliphatic carbocycles. The van der Waals surface area contributed by atoms with Crippen LogP contribution in [0.4, 0.5) is 8.78 Å². The molecule has 2 aliphatic heterocycles. The third-order valence-electron chi connectivity index (χ3n) is 6.22. The zero-order chi connectivity index (χ0) is 24.8. The largest absolute Gasteiger partial charge is 0.351 e. The van der Waals surface area contributed by atoms with E-state index in [1.807, 2.05) is 4.90 Å². The number of nitrogens with one attached hydrogen (secondary N) is 2. The van der Waals surface area contributed by atoms with Crippen molar-refractivity contribution >= 4 is 21.8 Å². The number of hydrogen-bond donors (Lipinski definition) is 2. The monoisotopic (exact) mass is 498 g/mol. The Bertz CT molecular complexity index is 975. The van der Waals surface area contributed by atoms with Gasteiger partial charge < -0.3 is 15.5 Å². The predicted molar refractivity (Wildman–Crippen MR) is 124 cm³/mol. The third kappa shape index (κ3) is 7.07. The molecule has 1 atom stereocenters. The van der Waals surface area contributed by atoms with Crippen molar-refractivity contribution in [2.45, 2.75) is 49.0 Å².